The van der Waals surface area contributed by atoms with Crippen LogP contribution in [-0.2, 0) is 5.41 Å². The summed E-state index contributed by atoms with van der Waals surface area (Å²) < 4.78 is 1.31. The van der Waals surface area contributed by atoms with Gasteiger partial charge < -0.3 is 5.11 Å². The van der Waals surface area contributed by atoms with Gasteiger partial charge in [-0.2, -0.15) is 9.50 Å². The molecular weight excluding hydrogens is 256 g/mol. The molecule has 0 aromatic carbocycles. The van der Waals surface area contributed by atoms with Crippen LogP contribution in [0.1, 0.15) is 57.7 Å². The average Bonchev–Trinajstić information content (AvgIpc) is 2.79. The highest BCUT2D eigenvalue weighted by molar-refractivity contribution is 5.32. The van der Waals surface area contributed by atoms with E-state index in [-0.39, 0.29) is 16.9 Å². The van der Waals surface area contributed by atoms with Crippen LogP contribution in [0, 0.1) is 0 Å². The van der Waals surface area contributed by atoms with Crippen LogP contribution in [0.3, 0.4) is 0 Å². The lowest BCUT2D eigenvalue weighted by Gasteiger charge is -2.28. The van der Waals surface area contributed by atoms with Gasteiger partial charge in [-0.3, -0.25) is 9.78 Å². The Morgan fingerprint density at radius 3 is 2.60 bits per heavy atom. The molecule has 2 N–H and O–H groups in total. The van der Waals surface area contributed by atoms with E-state index in [1.807, 2.05) is 0 Å². The van der Waals surface area contributed by atoms with Gasteiger partial charge in [0.05, 0.1) is 6.07 Å². The first-order valence-electron chi connectivity index (χ1n) is 7.28. The number of aromatic amines is 1. The molecule has 0 atom stereocenters. The molecule has 0 radical (unpaired) electrons. The van der Waals surface area contributed by atoms with E-state index >= 15 is 0 Å². The van der Waals surface area contributed by atoms with Crippen molar-refractivity contribution in [3.05, 3.63) is 22.2 Å². The number of rotatable bonds is 1. The highest BCUT2D eigenvalue weighted by Crippen LogP contribution is 2.35. The molecule has 0 saturated heterocycles. The third-order valence-corrected chi connectivity index (χ3v) is 4.32. The molecule has 2 aromatic rings. The fourth-order valence-electron chi connectivity index (χ4n) is 3.04. The van der Waals surface area contributed by atoms with E-state index in [4.69, 9.17) is 0 Å². The number of aromatic hydroxyl groups is 1. The van der Waals surface area contributed by atoms with Crippen molar-refractivity contribution >= 4 is 5.78 Å². The van der Waals surface area contributed by atoms with Crippen molar-refractivity contribution in [1.82, 2.24) is 19.6 Å². The summed E-state index contributed by atoms with van der Waals surface area (Å²) in [4.78, 5) is 18.4. The Bertz CT molecular complexity index is 665. The van der Waals surface area contributed by atoms with E-state index in [2.05, 4.69) is 22.0 Å². The fraction of sp³-hybridized carbons (Fsp3) is 0.643. The summed E-state index contributed by atoms with van der Waals surface area (Å²) in [6.07, 6.45) is 8.27. The Morgan fingerprint density at radius 1 is 1.25 bits per heavy atom. The molecule has 108 valence electrons. The number of hydrogen-bond donors (Lipinski definition) is 2. The molecule has 0 spiro atoms. The van der Waals surface area contributed by atoms with Gasteiger partial charge in [-0.05, 0) is 12.8 Å². The van der Waals surface area contributed by atoms with Crippen molar-refractivity contribution in [2.45, 2.75) is 57.3 Å². The second-order valence-electron chi connectivity index (χ2n) is 5.99. The summed E-state index contributed by atoms with van der Waals surface area (Å²) in [5.41, 5.74) is -0.438. The average molecular weight is 276 g/mol. The topological polar surface area (TPSA) is 83.3 Å². The standard InChI is InChI=1S/C14H20N4O2/c1-14(7-5-3-2-4-6-8-14)12-16-13-15-10(19)9-11(20)18(13)17-12/h9,20H,2-8H2,1H3,(H,15,16,17,19). The predicted molar refractivity (Wildman–Crippen MR) is 74.9 cm³/mol. The van der Waals surface area contributed by atoms with Crippen molar-refractivity contribution in [2.75, 3.05) is 0 Å². The smallest absolute Gasteiger partial charge is 0.256 e. The van der Waals surface area contributed by atoms with Crippen LogP contribution in [0.15, 0.2) is 10.9 Å². The minimum atomic E-state index is -0.364. The Kier molecular flexibility index (Phi) is 3.23. The summed E-state index contributed by atoms with van der Waals surface area (Å²) in [7, 11) is 0. The molecule has 0 aliphatic heterocycles. The van der Waals surface area contributed by atoms with Gasteiger partial charge >= 0.3 is 0 Å². The molecule has 3 rings (SSSR count). The second-order valence-corrected chi connectivity index (χ2v) is 5.99. The van der Waals surface area contributed by atoms with Gasteiger partial charge in [-0.1, -0.05) is 39.0 Å². The number of H-pyrrole nitrogens is 1. The first-order chi connectivity index (χ1) is 9.58. The number of fused-ring (bicyclic) bond motifs is 1. The van der Waals surface area contributed by atoms with E-state index in [0.717, 1.165) is 24.7 Å². The summed E-state index contributed by atoms with van der Waals surface area (Å²) >= 11 is 0. The molecule has 2 heterocycles. The molecule has 20 heavy (non-hydrogen) atoms. The van der Waals surface area contributed by atoms with Gasteiger partial charge in [0, 0.05) is 5.41 Å². The highest BCUT2D eigenvalue weighted by atomic mass is 16.3. The summed E-state index contributed by atoms with van der Waals surface area (Å²) in [6, 6.07) is 1.12. The molecular formula is C14H20N4O2. The predicted octanol–water partition coefficient (Wildman–Crippen LogP) is 2.13. The monoisotopic (exact) mass is 276 g/mol. The lowest BCUT2D eigenvalue weighted by atomic mass is 9.77. The summed E-state index contributed by atoms with van der Waals surface area (Å²) in [6.45, 7) is 2.18. The van der Waals surface area contributed by atoms with E-state index in [9.17, 15) is 9.90 Å². The number of hydrogen-bond acceptors (Lipinski definition) is 4. The maximum absolute atomic E-state index is 11.4. The Morgan fingerprint density at radius 2 is 1.90 bits per heavy atom. The quantitative estimate of drug-likeness (QED) is 0.835. The first kappa shape index (κ1) is 13.1. The molecule has 6 nitrogen and oxygen atoms in total. The Labute approximate surface area is 116 Å². The van der Waals surface area contributed by atoms with Crippen LogP contribution < -0.4 is 5.56 Å². The summed E-state index contributed by atoms with van der Waals surface area (Å²) in [5.74, 6) is 0.863. The van der Waals surface area contributed by atoms with Crippen molar-refractivity contribution in [2.24, 2.45) is 0 Å². The lowest BCUT2D eigenvalue weighted by molar-refractivity contribution is 0.324. The second kappa shape index (κ2) is 4.92. The van der Waals surface area contributed by atoms with Gasteiger partial charge in [-0.15, -0.1) is 5.10 Å². The number of nitrogens with one attached hydrogen (secondary N) is 1. The molecule has 0 unspecified atom stereocenters. The van der Waals surface area contributed by atoms with Gasteiger partial charge in [0.1, 0.15) is 0 Å². The normalized spacial score (nSPS) is 19.6. The zero-order valence-corrected chi connectivity index (χ0v) is 11.7. The maximum Gasteiger partial charge on any atom is 0.256 e. The van der Waals surface area contributed by atoms with E-state index < -0.39 is 0 Å². The molecule has 6 heteroatoms. The third-order valence-electron chi connectivity index (χ3n) is 4.32. The Balaban J connectivity index is 2.03. The molecule has 1 fully saturated rings. The molecule has 0 amide bonds. The third kappa shape index (κ3) is 2.30. The van der Waals surface area contributed by atoms with Gasteiger partial charge in [0.2, 0.25) is 11.7 Å². The van der Waals surface area contributed by atoms with Gasteiger partial charge in [-0.25, -0.2) is 0 Å². The van der Waals surface area contributed by atoms with E-state index in [1.54, 1.807) is 0 Å². The van der Waals surface area contributed by atoms with Gasteiger partial charge in [0.15, 0.2) is 5.82 Å². The number of nitrogens with zero attached hydrogens (tertiary/aromatic N) is 3. The van der Waals surface area contributed by atoms with Crippen LogP contribution in [0.2, 0.25) is 0 Å². The van der Waals surface area contributed by atoms with Gasteiger partial charge in [0.25, 0.3) is 5.56 Å². The largest absolute Gasteiger partial charge is 0.493 e. The first-order valence-corrected chi connectivity index (χ1v) is 7.28. The molecule has 2 aromatic heterocycles. The van der Waals surface area contributed by atoms with E-state index in [1.165, 1.54) is 36.6 Å². The molecule has 1 saturated carbocycles. The van der Waals surface area contributed by atoms with E-state index in [0.29, 0.717) is 5.78 Å². The van der Waals surface area contributed by atoms with Crippen LogP contribution >= 0.6 is 0 Å². The lowest BCUT2D eigenvalue weighted by Crippen LogP contribution is -2.25. The van der Waals surface area contributed by atoms with Crippen LogP contribution in [0.4, 0.5) is 0 Å². The van der Waals surface area contributed by atoms with Crippen LogP contribution in [0.5, 0.6) is 5.88 Å². The van der Waals surface area contributed by atoms with Crippen molar-refractivity contribution in [3.8, 4) is 5.88 Å². The zero-order chi connectivity index (χ0) is 14.2. The molecule has 1 aliphatic carbocycles. The van der Waals surface area contributed by atoms with Crippen molar-refractivity contribution in [1.29, 1.82) is 0 Å². The maximum atomic E-state index is 11.4. The minimum Gasteiger partial charge on any atom is -0.493 e. The molecule has 1 aliphatic rings. The van der Waals surface area contributed by atoms with Crippen molar-refractivity contribution in [3.63, 3.8) is 0 Å². The Hall–Kier alpha value is -1.85. The minimum absolute atomic E-state index is 0.0736. The van der Waals surface area contributed by atoms with Crippen LogP contribution in [-0.4, -0.2) is 24.7 Å². The zero-order valence-electron chi connectivity index (χ0n) is 11.7. The number of aromatic nitrogens is 4. The molecule has 0 bridgehead atoms. The fourth-order valence-corrected chi connectivity index (χ4v) is 3.04. The SMILES string of the molecule is CC1(c2nc3[nH]c(=O)cc(O)n3n2)CCCCCCC1. The summed E-state index contributed by atoms with van der Waals surface area (Å²) in [5, 5.41) is 14.2. The highest BCUT2D eigenvalue weighted by Gasteiger charge is 2.31. The van der Waals surface area contributed by atoms with Crippen LogP contribution in [0.25, 0.3) is 5.78 Å². The van der Waals surface area contributed by atoms with Crippen molar-refractivity contribution < 1.29 is 5.11 Å².